The van der Waals surface area contributed by atoms with Crippen LogP contribution in [0.4, 0.5) is 4.79 Å². The van der Waals surface area contributed by atoms with E-state index in [1.807, 2.05) is 32.9 Å². The van der Waals surface area contributed by atoms with Gasteiger partial charge in [-0.05, 0) is 44.9 Å². The van der Waals surface area contributed by atoms with Crippen molar-refractivity contribution in [3.63, 3.8) is 0 Å². The van der Waals surface area contributed by atoms with Crippen molar-refractivity contribution >= 4 is 6.09 Å². The number of hydrogen-bond acceptors (Lipinski definition) is 3. The summed E-state index contributed by atoms with van der Waals surface area (Å²) in [5.41, 5.74) is 1.85. The van der Waals surface area contributed by atoms with Crippen LogP contribution in [0.3, 0.4) is 0 Å². The summed E-state index contributed by atoms with van der Waals surface area (Å²) in [6, 6.07) is 8.21. The monoisotopic (exact) mass is 278 g/mol. The number of carbonyl (C=O) groups excluding carboxylic acids is 1. The smallest absolute Gasteiger partial charge is 0.407 e. The Bertz CT molecular complexity index is 407. The Morgan fingerprint density at radius 2 is 1.65 bits per heavy atom. The van der Waals surface area contributed by atoms with E-state index in [2.05, 4.69) is 29.7 Å². The molecule has 1 amide bonds. The van der Waals surface area contributed by atoms with Crippen molar-refractivity contribution in [3.8, 4) is 0 Å². The zero-order valence-electron chi connectivity index (χ0n) is 13.0. The Balaban J connectivity index is 2.36. The number of ether oxygens (including phenoxy) is 1. The van der Waals surface area contributed by atoms with Gasteiger partial charge in [0.25, 0.3) is 0 Å². The predicted molar refractivity (Wildman–Crippen MR) is 81.5 cm³/mol. The van der Waals surface area contributed by atoms with Crippen LogP contribution in [0.2, 0.25) is 0 Å². The molecule has 0 aromatic heterocycles. The number of benzene rings is 1. The predicted octanol–water partition coefficient (Wildman–Crippen LogP) is 3.21. The van der Waals surface area contributed by atoms with Crippen LogP contribution in [-0.2, 0) is 17.8 Å². The highest BCUT2D eigenvalue weighted by Crippen LogP contribution is 2.08. The van der Waals surface area contributed by atoms with Crippen molar-refractivity contribution < 1.29 is 9.53 Å². The molecule has 4 nitrogen and oxygen atoms in total. The average molecular weight is 278 g/mol. The van der Waals surface area contributed by atoms with Gasteiger partial charge >= 0.3 is 6.09 Å². The molecule has 0 atom stereocenters. The molecule has 20 heavy (non-hydrogen) atoms. The first kappa shape index (κ1) is 16.5. The lowest BCUT2D eigenvalue weighted by Gasteiger charge is -2.19. The van der Waals surface area contributed by atoms with Gasteiger partial charge in [-0.3, -0.25) is 0 Å². The maximum atomic E-state index is 11.5. The number of alkyl carbamates (subject to hydrolysis) is 1. The fourth-order valence-corrected chi connectivity index (χ4v) is 1.67. The van der Waals surface area contributed by atoms with E-state index in [-0.39, 0.29) is 6.09 Å². The molecule has 0 aliphatic rings. The van der Waals surface area contributed by atoms with E-state index >= 15 is 0 Å². The first-order chi connectivity index (χ1) is 9.40. The van der Waals surface area contributed by atoms with Crippen molar-refractivity contribution in [2.75, 3.05) is 6.54 Å². The van der Waals surface area contributed by atoms with Gasteiger partial charge in [0, 0.05) is 13.1 Å². The zero-order valence-corrected chi connectivity index (χ0v) is 13.0. The van der Waals surface area contributed by atoms with Crippen molar-refractivity contribution in [1.29, 1.82) is 0 Å². The van der Waals surface area contributed by atoms with E-state index in [1.165, 1.54) is 5.56 Å². The second-order valence-corrected chi connectivity index (χ2v) is 5.85. The molecule has 0 heterocycles. The number of hydrogen-bond donors (Lipinski definition) is 2. The van der Waals surface area contributed by atoms with Crippen LogP contribution < -0.4 is 10.6 Å². The summed E-state index contributed by atoms with van der Waals surface area (Å²) in [4.78, 5) is 11.5. The van der Waals surface area contributed by atoms with E-state index in [0.29, 0.717) is 6.54 Å². The molecule has 0 aliphatic carbocycles. The summed E-state index contributed by atoms with van der Waals surface area (Å²) in [6.45, 7) is 10.1. The summed E-state index contributed by atoms with van der Waals surface area (Å²) in [6.07, 6.45) is 0.754. The van der Waals surface area contributed by atoms with Crippen LogP contribution in [0, 0.1) is 0 Å². The first-order valence-corrected chi connectivity index (χ1v) is 7.16. The first-order valence-electron chi connectivity index (χ1n) is 7.16. The normalized spacial score (nSPS) is 11.2. The van der Waals surface area contributed by atoms with E-state index in [1.54, 1.807) is 0 Å². The van der Waals surface area contributed by atoms with Gasteiger partial charge in [-0.15, -0.1) is 0 Å². The molecular formula is C16H26N2O2. The second-order valence-electron chi connectivity index (χ2n) is 5.85. The van der Waals surface area contributed by atoms with Crippen molar-refractivity contribution in [2.45, 2.75) is 52.8 Å². The third kappa shape index (κ3) is 7.14. The molecule has 0 bridgehead atoms. The van der Waals surface area contributed by atoms with Crippen molar-refractivity contribution in [2.24, 2.45) is 0 Å². The Kier molecular flexibility index (Phi) is 6.52. The van der Waals surface area contributed by atoms with E-state index in [4.69, 9.17) is 4.74 Å². The Morgan fingerprint density at radius 1 is 1.10 bits per heavy atom. The van der Waals surface area contributed by atoms with Gasteiger partial charge in [0.05, 0.1) is 0 Å². The third-order valence-electron chi connectivity index (χ3n) is 2.61. The largest absolute Gasteiger partial charge is 0.444 e. The summed E-state index contributed by atoms with van der Waals surface area (Å²) < 4.78 is 5.19. The van der Waals surface area contributed by atoms with Gasteiger partial charge in [-0.2, -0.15) is 0 Å². The van der Waals surface area contributed by atoms with Gasteiger partial charge in [0.15, 0.2) is 0 Å². The molecule has 0 aliphatic heterocycles. The molecule has 112 valence electrons. The molecule has 0 saturated carbocycles. The molecule has 1 rings (SSSR count). The Labute approximate surface area is 121 Å². The number of amides is 1. The van der Waals surface area contributed by atoms with Crippen molar-refractivity contribution in [1.82, 2.24) is 10.6 Å². The minimum atomic E-state index is -0.459. The average Bonchev–Trinajstić information content (AvgIpc) is 2.36. The lowest BCUT2D eigenvalue weighted by Crippen LogP contribution is -2.32. The summed E-state index contributed by atoms with van der Waals surface area (Å²) in [7, 11) is 0. The van der Waals surface area contributed by atoms with Crippen LogP contribution in [0.1, 0.15) is 45.2 Å². The molecule has 4 heteroatoms. The quantitative estimate of drug-likeness (QED) is 0.786. The molecular weight excluding hydrogens is 252 g/mol. The molecule has 0 unspecified atom stereocenters. The van der Waals surface area contributed by atoms with Crippen LogP contribution >= 0.6 is 0 Å². The van der Waals surface area contributed by atoms with Crippen LogP contribution in [0.15, 0.2) is 24.3 Å². The van der Waals surface area contributed by atoms with Gasteiger partial charge in [0.2, 0.25) is 0 Å². The van der Waals surface area contributed by atoms with Gasteiger partial charge in [0.1, 0.15) is 5.60 Å². The molecule has 1 aromatic carbocycles. The fourth-order valence-electron chi connectivity index (χ4n) is 1.67. The molecule has 2 N–H and O–H groups in total. The SMILES string of the molecule is CCCNCc1ccc(CNC(=O)OC(C)(C)C)cc1. The van der Waals surface area contributed by atoms with Crippen LogP contribution in [0.5, 0.6) is 0 Å². The maximum absolute atomic E-state index is 11.5. The van der Waals surface area contributed by atoms with Gasteiger partial charge in [-0.25, -0.2) is 4.79 Å². The lowest BCUT2D eigenvalue weighted by atomic mass is 10.1. The Hall–Kier alpha value is -1.55. The zero-order chi connectivity index (χ0) is 15.0. The summed E-state index contributed by atoms with van der Waals surface area (Å²) in [5.74, 6) is 0. The highest BCUT2D eigenvalue weighted by molar-refractivity contribution is 5.67. The van der Waals surface area contributed by atoms with E-state index in [9.17, 15) is 4.79 Å². The van der Waals surface area contributed by atoms with Crippen LogP contribution in [-0.4, -0.2) is 18.2 Å². The van der Waals surface area contributed by atoms with Crippen molar-refractivity contribution in [3.05, 3.63) is 35.4 Å². The number of rotatable bonds is 6. The maximum Gasteiger partial charge on any atom is 0.407 e. The standard InChI is InChI=1S/C16H26N2O2/c1-5-10-17-11-13-6-8-14(9-7-13)12-18-15(19)20-16(2,3)4/h6-9,17H,5,10-12H2,1-4H3,(H,18,19). The number of carbonyl (C=O) groups is 1. The van der Waals surface area contributed by atoms with Crippen LogP contribution in [0.25, 0.3) is 0 Å². The van der Waals surface area contributed by atoms with E-state index < -0.39 is 5.60 Å². The lowest BCUT2D eigenvalue weighted by molar-refractivity contribution is 0.0523. The third-order valence-corrected chi connectivity index (χ3v) is 2.61. The summed E-state index contributed by atoms with van der Waals surface area (Å²) in [5, 5.41) is 6.11. The molecule has 0 spiro atoms. The van der Waals surface area contributed by atoms with Gasteiger partial charge in [-0.1, -0.05) is 31.2 Å². The minimum absolute atomic E-state index is 0.383. The second kappa shape index (κ2) is 7.90. The highest BCUT2D eigenvalue weighted by Gasteiger charge is 2.15. The molecule has 0 radical (unpaired) electrons. The molecule has 0 saturated heterocycles. The molecule has 0 fully saturated rings. The fraction of sp³-hybridized carbons (Fsp3) is 0.562. The Morgan fingerprint density at radius 3 is 2.15 bits per heavy atom. The highest BCUT2D eigenvalue weighted by atomic mass is 16.6. The molecule has 1 aromatic rings. The van der Waals surface area contributed by atoms with Gasteiger partial charge < -0.3 is 15.4 Å². The summed E-state index contributed by atoms with van der Waals surface area (Å²) >= 11 is 0. The minimum Gasteiger partial charge on any atom is -0.444 e. The number of nitrogens with one attached hydrogen (secondary N) is 2. The van der Waals surface area contributed by atoms with E-state index in [0.717, 1.165) is 25.1 Å². The topological polar surface area (TPSA) is 50.4 Å².